The van der Waals surface area contributed by atoms with Crippen molar-refractivity contribution in [2.75, 3.05) is 13.9 Å². The van der Waals surface area contributed by atoms with Crippen molar-refractivity contribution in [1.82, 2.24) is 0 Å². The van der Waals surface area contributed by atoms with E-state index in [1.807, 2.05) is 78.9 Å². The lowest BCUT2D eigenvalue weighted by molar-refractivity contribution is 0.0510. The molecular formula is C30H24O4. The molecule has 4 heteroatoms. The van der Waals surface area contributed by atoms with Gasteiger partial charge in [-0.05, 0) is 39.2 Å². The Morgan fingerprint density at radius 2 is 1.38 bits per heavy atom. The summed E-state index contributed by atoms with van der Waals surface area (Å²) in [5, 5.41) is 4.01. The largest absolute Gasteiger partial charge is 0.488 e. The van der Waals surface area contributed by atoms with Gasteiger partial charge in [0, 0.05) is 18.2 Å². The second kappa shape index (κ2) is 9.77. The highest BCUT2D eigenvalue weighted by molar-refractivity contribution is 6.12. The Morgan fingerprint density at radius 3 is 2.12 bits per heavy atom. The van der Waals surface area contributed by atoms with Crippen LogP contribution in [0.2, 0.25) is 0 Å². The van der Waals surface area contributed by atoms with Crippen LogP contribution in [0.1, 0.15) is 15.9 Å². The molecule has 0 aliphatic heterocycles. The van der Waals surface area contributed by atoms with Crippen LogP contribution in [-0.2, 0) is 11.3 Å². The van der Waals surface area contributed by atoms with Crippen molar-refractivity contribution in [2.24, 2.45) is 0 Å². The molecule has 0 fully saturated rings. The zero-order chi connectivity index (χ0) is 23.3. The van der Waals surface area contributed by atoms with Crippen LogP contribution in [0.3, 0.4) is 0 Å². The number of carbonyl (C=O) groups excluding carboxylic acids is 1. The fourth-order valence-corrected chi connectivity index (χ4v) is 4.32. The number of fused-ring (bicyclic) bond motifs is 2. The molecule has 0 aliphatic carbocycles. The number of hydrogen-bond donors (Lipinski definition) is 0. The normalized spacial score (nSPS) is 11.0. The number of hydrogen-bond acceptors (Lipinski definition) is 4. The number of methoxy groups -OCH3 is 1. The third kappa shape index (κ3) is 4.12. The maximum atomic E-state index is 12.1. The summed E-state index contributed by atoms with van der Waals surface area (Å²) in [5.74, 6) is 1.20. The number of carbonyl (C=O) groups is 1. The predicted octanol–water partition coefficient (Wildman–Crippen LogP) is 7.03. The van der Waals surface area contributed by atoms with Crippen molar-refractivity contribution in [1.29, 1.82) is 0 Å². The Labute approximate surface area is 198 Å². The van der Waals surface area contributed by atoms with E-state index >= 15 is 0 Å². The van der Waals surface area contributed by atoms with Crippen LogP contribution in [0.25, 0.3) is 32.7 Å². The molecule has 0 aromatic heterocycles. The molecule has 0 saturated heterocycles. The lowest BCUT2D eigenvalue weighted by Crippen LogP contribution is -2.05. The van der Waals surface area contributed by atoms with Gasteiger partial charge in [0.25, 0.3) is 0 Å². The first-order chi connectivity index (χ1) is 16.8. The Bertz CT molecular complexity index is 1460. The van der Waals surface area contributed by atoms with Crippen LogP contribution in [0, 0.1) is 0 Å². The van der Waals surface area contributed by atoms with E-state index in [0.717, 1.165) is 50.3 Å². The lowest BCUT2D eigenvalue weighted by atomic mass is 9.90. The lowest BCUT2D eigenvalue weighted by Gasteiger charge is -2.20. The fourth-order valence-electron chi connectivity index (χ4n) is 4.32. The molecule has 0 radical (unpaired) electrons. The monoisotopic (exact) mass is 448 g/mol. The summed E-state index contributed by atoms with van der Waals surface area (Å²) in [4.78, 5) is 12.1. The van der Waals surface area contributed by atoms with Crippen molar-refractivity contribution >= 4 is 27.8 Å². The van der Waals surface area contributed by atoms with E-state index < -0.39 is 0 Å². The zero-order valence-corrected chi connectivity index (χ0v) is 18.9. The standard InChI is InChI=1S/C30H24O4/c1-32-20-34-30-24(18-31)17-23-12-6-8-14-26(23)29(30)28-25-13-7-5-11-22(25)15-16-27(28)33-19-21-9-3-2-4-10-21/h2-18H,19-20H2,1H3. The van der Waals surface area contributed by atoms with Gasteiger partial charge in [-0.15, -0.1) is 0 Å². The van der Waals surface area contributed by atoms with Crippen LogP contribution in [0.5, 0.6) is 11.5 Å². The van der Waals surface area contributed by atoms with Gasteiger partial charge in [0.05, 0.1) is 5.56 Å². The second-order valence-corrected chi connectivity index (χ2v) is 7.99. The number of benzene rings is 5. The summed E-state index contributed by atoms with van der Waals surface area (Å²) in [6.07, 6.45) is 0.830. The SMILES string of the molecule is COCOc1c(C=O)cc2ccccc2c1-c1c(OCc2ccccc2)ccc2ccccc12. The Morgan fingerprint density at radius 1 is 0.706 bits per heavy atom. The average molecular weight is 449 g/mol. The Hall–Kier alpha value is -4.15. The summed E-state index contributed by atoms with van der Waals surface area (Å²) in [7, 11) is 1.56. The van der Waals surface area contributed by atoms with Gasteiger partial charge < -0.3 is 14.2 Å². The van der Waals surface area contributed by atoms with Crippen molar-refractivity contribution < 1.29 is 19.0 Å². The quantitative estimate of drug-likeness (QED) is 0.189. The molecule has 4 nitrogen and oxygen atoms in total. The van der Waals surface area contributed by atoms with Gasteiger partial charge in [-0.3, -0.25) is 4.79 Å². The van der Waals surface area contributed by atoms with Crippen LogP contribution in [-0.4, -0.2) is 20.2 Å². The predicted molar refractivity (Wildman–Crippen MR) is 136 cm³/mol. The number of ether oxygens (including phenoxy) is 3. The smallest absolute Gasteiger partial charge is 0.188 e. The van der Waals surface area contributed by atoms with Crippen LogP contribution in [0.15, 0.2) is 97.1 Å². The first kappa shape index (κ1) is 21.7. The Balaban J connectivity index is 1.80. The summed E-state index contributed by atoms with van der Waals surface area (Å²) in [5.41, 5.74) is 3.24. The van der Waals surface area contributed by atoms with Crippen LogP contribution >= 0.6 is 0 Å². The molecule has 0 bridgehead atoms. The van der Waals surface area contributed by atoms with Crippen LogP contribution < -0.4 is 9.47 Å². The third-order valence-corrected chi connectivity index (χ3v) is 5.86. The van der Waals surface area contributed by atoms with Crippen LogP contribution in [0.4, 0.5) is 0 Å². The van der Waals surface area contributed by atoms with E-state index in [4.69, 9.17) is 14.2 Å². The van der Waals surface area contributed by atoms with Gasteiger partial charge in [0.2, 0.25) is 0 Å². The topological polar surface area (TPSA) is 44.8 Å². The molecule has 0 amide bonds. The zero-order valence-electron chi connectivity index (χ0n) is 18.9. The molecule has 0 N–H and O–H groups in total. The first-order valence-corrected chi connectivity index (χ1v) is 11.1. The highest BCUT2D eigenvalue weighted by atomic mass is 16.7. The van der Waals surface area contributed by atoms with E-state index in [0.29, 0.717) is 17.9 Å². The third-order valence-electron chi connectivity index (χ3n) is 5.86. The molecule has 0 aliphatic rings. The van der Waals surface area contributed by atoms with Crippen molar-refractivity contribution in [3.05, 3.63) is 108 Å². The van der Waals surface area contributed by atoms with Gasteiger partial charge in [0.15, 0.2) is 13.1 Å². The van der Waals surface area contributed by atoms with Gasteiger partial charge in [-0.2, -0.15) is 0 Å². The molecule has 5 aromatic carbocycles. The summed E-state index contributed by atoms with van der Waals surface area (Å²) in [6.45, 7) is 0.447. The molecular weight excluding hydrogens is 424 g/mol. The summed E-state index contributed by atoms with van der Waals surface area (Å²) < 4.78 is 17.6. The van der Waals surface area contributed by atoms with E-state index in [1.165, 1.54) is 0 Å². The molecule has 0 spiro atoms. The second-order valence-electron chi connectivity index (χ2n) is 7.99. The number of aldehydes is 1. The van der Waals surface area contributed by atoms with Crippen molar-refractivity contribution in [3.8, 4) is 22.6 Å². The molecule has 0 saturated carbocycles. The molecule has 0 atom stereocenters. The summed E-state index contributed by atoms with van der Waals surface area (Å²) >= 11 is 0. The minimum Gasteiger partial charge on any atom is -0.488 e. The van der Waals surface area contributed by atoms with E-state index in [-0.39, 0.29) is 6.79 Å². The minimum absolute atomic E-state index is 0.0250. The van der Waals surface area contributed by atoms with E-state index in [1.54, 1.807) is 7.11 Å². The van der Waals surface area contributed by atoms with E-state index in [9.17, 15) is 4.79 Å². The molecule has 0 heterocycles. The molecule has 5 aromatic rings. The Kier molecular flexibility index (Phi) is 6.23. The highest BCUT2D eigenvalue weighted by Crippen LogP contribution is 2.47. The minimum atomic E-state index is 0.0250. The first-order valence-electron chi connectivity index (χ1n) is 11.1. The highest BCUT2D eigenvalue weighted by Gasteiger charge is 2.22. The summed E-state index contributed by atoms with van der Waals surface area (Å²) in [6, 6.07) is 32.1. The average Bonchev–Trinajstić information content (AvgIpc) is 2.90. The fraction of sp³-hybridized carbons (Fsp3) is 0.100. The molecule has 34 heavy (non-hydrogen) atoms. The maximum Gasteiger partial charge on any atom is 0.188 e. The molecule has 5 rings (SSSR count). The maximum absolute atomic E-state index is 12.1. The van der Waals surface area contributed by atoms with Gasteiger partial charge >= 0.3 is 0 Å². The van der Waals surface area contributed by atoms with Gasteiger partial charge in [-0.1, -0.05) is 84.9 Å². The van der Waals surface area contributed by atoms with E-state index in [2.05, 4.69) is 18.2 Å². The van der Waals surface area contributed by atoms with Crippen molar-refractivity contribution in [2.45, 2.75) is 6.61 Å². The molecule has 168 valence electrons. The molecule has 0 unspecified atom stereocenters. The van der Waals surface area contributed by atoms with Crippen molar-refractivity contribution in [3.63, 3.8) is 0 Å². The number of rotatable bonds is 8. The van der Waals surface area contributed by atoms with Gasteiger partial charge in [0.1, 0.15) is 18.1 Å². The van der Waals surface area contributed by atoms with Gasteiger partial charge in [-0.25, -0.2) is 0 Å².